The van der Waals surface area contributed by atoms with Crippen LogP contribution in [0.4, 0.5) is 0 Å². The molecule has 1 fully saturated rings. The lowest BCUT2D eigenvalue weighted by atomic mass is 9.63. The zero-order valence-electron chi connectivity index (χ0n) is 12.6. The van der Waals surface area contributed by atoms with Gasteiger partial charge in [-0.25, -0.2) is 0 Å². The summed E-state index contributed by atoms with van der Waals surface area (Å²) in [6.07, 6.45) is 2.73. The Morgan fingerprint density at radius 2 is 2.00 bits per heavy atom. The van der Waals surface area contributed by atoms with Crippen molar-refractivity contribution < 1.29 is 9.21 Å². The van der Waals surface area contributed by atoms with Gasteiger partial charge < -0.3 is 9.73 Å². The normalized spacial score (nSPS) is 17.6. The SMILES string of the molecule is Cc1nnc([C@H](C)NC(=O)C2(c3ccc(Cl)cc3)CCC2)o1. The molecule has 6 heteroatoms. The Morgan fingerprint density at radius 3 is 2.50 bits per heavy atom. The summed E-state index contributed by atoms with van der Waals surface area (Å²) in [5, 5.41) is 11.4. The first kappa shape index (κ1) is 15.0. The van der Waals surface area contributed by atoms with Gasteiger partial charge in [-0.05, 0) is 37.5 Å². The van der Waals surface area contributed by atoms with Crippen LogP contribution in [0.2, 0.25) is 5.02 Å². The number of amides is 1. The van der Waals surface area contributed by atoms with Crippen molar-refractivity contribution in [2.24, 2.45) is 0 Å². The first-order chi connectivity index (χ1) is 10.5. The minimum atomic E-state index is -0.464. The highest BCUT2D eigenvalue weighted by molar-refractivity contribution is 6.30. The summed E-state index contributed by atoms with van der Waals surface area (Å²) in [7, 11) is 0. The van der Waals surface area contributed by atoms with Crippen molar-refractivity contribution in [3.63, 3.8) is 0 Å². The summed E-state index contributed by atoms with van der Waals surface area (Å²) in [6, 6.07) is 7.22. The molecule has 0 bridgehead atoms. The third-order valence-corrected chi connectivity index (χ3v) is 4.55. The van der Waals surface area contributed by atoms with Gasteiger partial charge in [0.05, 0.1) is 5.41 Å². The average molecular weight is 320 g/mol. The predicted octanol–water partition coefficient (Wildman–Crippen LogP) is 3.33. The topological polar surface area (TPSA) is 68.0 Å². The van der Waals surface area contributed by atoms with Gasteiger partial charge in [-0.15, -0.1) is 10.2 Å². The van der Waals surface area contributed by atoms with Gasteiger partial charge in [0.15, 0.2) is 0 Å². The van der Waals surface area contributed by atoms with Crippen LogP contribution in [-0.2, 0) is 10.2 Å². The van der Waals surface area contributed by atoms with Gasteiger partial charge in [-0.1, -0.05) is 30.2 Å². The summed E-state index contributed by atoms with van der Waals surface area (Å²) >= 11 is 5.94. The van der Waals surface area contributed by atoms with E-state index < -0.39 is 5.41 Å². The van der Waals surface area contributed by atoms with Gasteiger partial charge in [0, 0.05) is 11.9 Å². The number of nitrogens with zero attached hydrogens (tertiary/aromatic N) is 2. The molecule has 1 amide bonds. The highest BCUT2D eigenvalue weighted by atomic mass is 35.5. The smallest absolute Gasteiger partial charge is 0.238 e. The average Bonchev–Trinajstić information content (AvgIpc) is 2.86. The maximum Gasteiger partial charge on any atom is 0.238 e. The molecule has 5 nitrogen and oxygen atoms in total. The molecule has 0 spiro atoms. The number of hydrogen-bond acceptors (Lipinski definition) is 4. The number of carbonyl (C=O) groups excluding carboxylic acids is 1. The Labute approximate surface area is 134 Å². The highest BCUT2D eigenvalue weighted by Crippen LogP contribution is 2.44. The highest BCUT2D eigenvalue weighted by Gasteiger charge is 2.46. The number of benzene rings is 1. The minimum absolute atomic E-state index is 0.00410. The molecule has 116 valence electrons. The summed E-state index contributed by atoms with van der Waals surface area (Å²) in [4.78, 5) is 12.8. The van der Waals surface area contributed by atoms with Crippen LogP contribution in [-0.4, -0.2) is 16.1 Å². The van der Waals surface area contributed by atoms with E-state index in [0.717, 1.165) is 24.8 Å². The van der Waals surface area contributed by atoms with E-state index in [9.17, 15) is 4.79 Å². The maximum absolute atomic E-state index is 12.8. The van der Waals surface area contributed by atoms with Gasteiger partial charge in [0.1, 0.15) is 6.04 Å². The Hall–Kier alpha value is -1.88. The fourth-order valence-corrected chi connectivity index (χ4v) is 2.96. The van der Waals surface area contributed by atoms with Crippen LogP contribution in [0.25, 0.3) is 0 Å². The molecule has 0 aliphatic heterocycles. The predicted molar refractivity (Wildman–Crippen MR) is 82.6 cm³/mol. The molecule has 1 aliphatic carbocycles. The maximum atomic E-state index is 12.8. The van der Waals surface area contributed by atoms with Crippen LogP contribution in [0.5, 0.6) is 0 Å². The second-order valence-corrected chi connectivity index (χ2v) is 6.23. The van der Waals surface area contributed by atoms with E-state index in [1.165, 1.54) is 0 Å². The van der Waals surface area contributed by atoms with Crippen LogP contribution < -0.4 is 5.32 Å². The number of carbonyl (C=O) groups is 1. The van der Waals surface area contributed by atoms with Crippen molar-refractivity contribution in [2.75, 3.05) is 0 Å². The lowest BCUT2D eigenvalue weighted by Gasteiger charge is -2.41. The molecule has 1 aromatic heterocycles. The number of aryl methyl sites for hydroxylation is 1. The molecule has 2 aromatic rings. The third-order valence-electron chi connectivity index (χ3n) is 4.30. The second-order valence-electron chi connectivity index (χ2n) is 5.80. The molecule has 1 atom stereocenters. The molecule has 1 heterocycles. The van der Waals surface area contributed by atoms with Crippen molar-refractivity contribution in [1.82, 2.24) is 15.5 Å². The number of nitrogens with one attached hydrogen (secondary N) is 1. The minimum Gasteiger partial charge on any atom is -0.423 e. The summed E-state index contributed by atoms with van der Waals surface area (Å²) in [6.45, 7) is 3.57. The largest absolute Gasteiger partial charge is 0.423 e. The molecule has 3 rings (SSSR count). The summed E-state index contributed by atoms with van der Waals surface area (Å²) < 4.78 is 5.38. The monoisotopic (exact) mass is 319 g/mol. The van der Waals surface area contributed by atoms with Crippen molar-refractivity contribution in [2.45, 2.75) is 44.6 Å². The van der Waals surface area contributed by atoms with E-state index in [-0.39, 0.29) is 11.9 Å². The van der Waals surface area contributed by atoms with E-state index in [1.807, 2.05) is 31.2 Å². The Balaban J connectivity index is 1.78. The lowest BCUT2D eigenvalue weighted by Crippen LogP contribution is -2.49. The van der Waals surface area contributed by atoms with Gasteiger partial charge in [-0.3, -0.25) is 4.79 Å². The lowest BCUT2D eigenvalue weighted by molar-refractivity contribution is -0.130. The van der Waals surface area contributed by atoms with Gasteiger partial charge in [0.25, 0.3) is 0 Å². The standard InChI is InChI=1S/C16H18ClN3O2/c1-10(14-20-19-11(2)22-14)18-15(21)16(8-3-9-16)12-4-6-13(17)7-5-12/h4-7,10H,3,8-9H2,1-2H3,(H,18,21)/t10-/m0/s1. The van der Waals surface area contributed by atoms with Crippen LogP contribution in [0.15, 0.2) is 28.7 Å². The second kappa shape index (κ2) is 5.72. The molecule has 1 aromatic carbocycles. The van der Waals surface area contributed by atoms with Crippen molar-refractivity contribution in [3.8, 4) is 0 Å². The Morgan fingerprint density at radius 1 is 1.32 bits per heavy atom. The van der Waals surface area contributed by atoms with E-state index >= 15 is 0 Å². The fraction of sp³-hybridized carbons (Fsp3) is 0.438. The van der Waals surface area contributed by atoms with Crippen molar-refractivity contribution in [3.05, 3.63) is 46.6 Å². The number of halogens is 1. The molecule has 1 N–H and O–H groups in total. The molecule has 0 radical (unpaired) electrons. The number of hydrogen-bond donors (Lipinski definition) is 1. The van der Waals surface area contributed by atoms with E-state index in [1.54, 1.807) is 6.92 Å². The molecule has 1 aliphatic rings. The summed E-state index contributed by atoms with van der Waals surface area (Å²) in [5.41, 5.74) is 0.544. The van der Waals surface area contributed by atoms with Crippen LogP contribution in [0.3, 0.4) is 0 Å². The zero-order chi connectivity index (χ0) is 15.7. The van der Waals surface area contributed by atoms with Gasteiger partial charge in [-0.2, -0.15) is 0 Å². The Bertz CT molecular complexity index is 677. The van der Waals surface area contributed by atoms with Crippen LogP contribution in [0.1, 0.15) is 49.6 Å². The first-order valence-electron chi connectivity index (χ1n) is 7.38. The number of rotatable bonds is 4. The van der Waals surface area contributed by atoms with Gasteiger partial charge in [0.2, 0.25) is 17.7 Å². The van der Waals surface area contributed by atoms with E-state index in [0.29, 0.717) is 16.8 Å². The molecular weight excluding hydrogens is 302 g/mol. The Kier molecular flexibility index (Phi) is 3.91. The van der Waals surface area contributed by atoms with Crippen molar-refractivity contribution in [1.29, 1.82) is 0 Å². The van der Waals surface area contributed by atoms with E-state index in [4.69, 9.17) is 16.0 Å². The van der Waals surface area contributed by atoms with Crippen molar-refractivity contribution >= 4 is 17.5 Å². The molecule has 22 heavy (non-hydrogen) atoms. The fourth-order valence-electron chi connectivity index (χ4n) is 2.83. The van der Waals surface area contributed by atoms with Crippen LogP contribution >= 0.6 is 11.6 Å². The summed E-state index contributed by atoms with van der Waals surface area (Å²) in [5.74, 6) is 0.924. The molecular formula is C16H18ClN3O2. The quantitative estimate of drug-likeness (QED) is 0.938. The first-order valence-corrected chi connectivity index (χ1v) is 7.76. The van der Waals surface area contributed by atoms with Gasteiger partial charge >= 0.3 is 0 Å². The molecule has 1 saturated carbocycles. The molecule has 0 unspecified atom stereocenters. The number of aromatic nitrogens is 2. The third kappa shape index (κ3) is 2.61. The molecule has 0 saturated heterocycles. The van der Waals surface area contributed by atoms with E-state index in [2.05, 4.69) is 15.5 Å². The zero-order valence-corrected chi connectivity index (χ0v) is 13.4. The van der Waals surface area contributed by atoms with Crippen LogP contribution in [0, 0.1) is 6.92 Å².